The summed E-state index contributed by atoms with van der Waals surface area (Å²) in [5, 5.41) is 3.38. The molecule has 1 fully saturated rings. The zero-order chi connectivity index (χ0) is 14.8. The number of benzene rings is 1. The van der Waals surface area contributed by atoms with Crippen LogP contribution >= 0.6 is 0 Å². The second kappa shape index (κ2) is 5.92. The van der Waals surface area contributed by atoms with Crippen molar-refractivity contribution in [3.05, 3.63) is 35.6 Å². The quantitative estimate of drug-likeness (QED) is 0.897. The predicted octanol–water partition coefficient (Wildman–Crippen LogP) is 3.22. The molecule has 0 saturated carbocycles. The molecule has 0 radical (unpaired) electrons. The van der Waals surface area contributed by atoms with E-state index in [1.54, 1.807) is 6.07 Å². The van der Waals surface area contributed by atoms with Gasteiger partial charge >= 0.3 is 0 Å². The summed E-state index contributed by atoms with van der Waals surface area (Å²) in [7, 11) is 0. The third kappa shape index (κ3) is 2.70. The van der Waals surface area contributed by atoms with Crippen LogP contribution < -0.4 is 5.32 Å². The Bertz CT molecular complexity index is 491. The van der Waals surface area contributed by atoms with Crippen molar-refractivity contribution >= 4 is 5.91 Å². The van der Waals surface area contributed by atoms with E-state index in [-0.39, 0.29) is 17.9 Å². The summed E-state index contributed by atoms with van der Waals surface area (Å²) in [6, 6.07) is 6.49. The van der Waals surface area contributed by atoms with Crippen LogP contribution in [0.5, 0.6) is 0 Å². The zero-order valence-electron chi connectivity index (χ0n) is 12.4. The highest BCUT2D eigenvalue weighted by Crippen LogP contribution is 2.32. The maximum atomic E-state index is 13.4. The van der Waals surface area contributed by atoms with E-state index in [2.05, 4.69) is 12.2 Å². The molecule has 2 rings (SSSR count). The molecule has 2 atom stereocenters. The minimum Gasteiger partial charge on any atom is -0.321 e. The molecule has 2 unspecified atom stereocenters. The maximum absolute atomic E-state index is 13.4. The highest BCUT2D eigenvalue weighted by atomic mass is 19.1. The molecule has 1 aliphatic rings. The summed E-state index contributed by atoms with van der Waals surface area (Å²) in [6.07, 6.45) is 2.48. The summed E-state index contributed by atoms with van der Waals surface area (Å²) in [4.78, 5) is 14.5. The number of carbonyl (C=O) groups is 1. The number of nitrogens with zero attached hydrogens (tertiary/aromatic N) is 1. The van der Waals surface area contributed by atoms with Gasteiger partial charge in [0.1, 0.15) is 12.0 Å². The van der Waals surface area contributed by atoms with E-state index in [1.165, 1.54) is 12.1 Å². The van der Waals surface area contributed by atoms with Crippen molar-refractivity contribution in [3.63, 3.8) is 0 Å². The van der Waals surface area contributed by atoms with Gasteiger partial charge in [0.25, 0.3) is 0 Å². The standard InChI is InChI=1S/C16H23FN2O/c1-4-6-10-19-14(12-8-7-9-13(17)11-12)18-16(3,5-2)15(19)20/h7-9,11,14,18H,4-6,10H2,1-3H3. The van der Waals surface area contributed by atoms with E-state index in [0.29, 0.717) is 6.54 Å². The first-order valence-electron chi connectivity index (χ1n) is 7.36. The van der Waals surface area contributed by atoms with Gasteiger partial charge in [0.05, 0.1) is 5.54 Å². The van der Waals surface area contributed by atoms with E-state index in [4.69, 9.17) is 0 Å². The summed E-state index contributed by atoms with van der Waals surface area (Å²) >= 11 is 0. The molecule has 4 heteroatoms. The Hall–Kier alpha value is -1.42. The third-order valence-electron chi connectivity index (χ3n) is 4.12. The molecule has 1 N–H and O–H groups in total. The topological polar surface area (TPSA) is 32.3 Å². The summed E-state index contributed by atoms with van der Waals surface area (Å²) in [5.41, 5.74) is 0.261. The van der Waals surface area contributed by atoms with Gasteiger partial charge in [0.2, 0.25) is 5.91 Å². The van der Waals surface area contributed by atoms with Crippen molar-refractivity contribution in [1.82, 2.24) is 10.2 Å². The van der Waals surface area contributed by atoms with E-state index in [0.717, 1.165) is 24.8 Å². The Labute approximate surface area is 120 Å². The van der Waals surface area contributed by atoms with Crippen LogP contribution in [0, 0.1) is 5.82 Å². The zero-order valence-corrected chi connectivity index (χ0v) is 12.4. The lowest BCUT2D eigenvalue weighted by Gasteiger charge is -2.24. The van der Waals surface area contributed by atoms with Crippen molar-refractivity contribution in [1.29, 1.82) is 0 Å². The number of hydrogen-bond donors (Lipinski definition) is 1. The van der Waals surface area contributed by atoms with Crippen molar-refractivity contribution in [2.75, 3.05) is 6.54 Å². The Morgan fingerprint density at radius 1 is 1.40 bits per heavy atom. The molecule has 0 aliphatic carbocycles. The molecule has 0 spiro atoms. The molecule has 1 aliphatic heterocycles. The van der Waals surface area contributed by atoms with Gasteiger partial charge in [-0.1, -0.05) is 32.4 Å². The molecule has 1 heterocycles. The van der Waals surface area contributed by atoms with Gasteiger partial charge < -0.3 is 4.90 Å². The van der Waals surface area contributed by atoms with E-state index in [1.807, 2.05) is 24.8 Å². The first-order chi connectivity index (χ1) is 9.51. The van der Waals surface area contributed by atoms with Crippen LogP contribution in [0.15, 0.2) is 24.3 Å². The lowest BCUT2D eigenvalue weighted by atomic mass is 9.99. The fraction of sp³-hybridized carbons (Fsp3) is 0.562. The van der Waals surface area contributed by atoms with Gasteiger partial charge in [-0.05, 0) is 37.5 Å². The van der Waals surface area contributed by atoms with Crippen LogP contribution in [0.3, 0.4) is 0 Å². The van der Waals surface area contributed by atoms with Gasteiger partial charge in [0, 0.05) is 6.54 Å². The molecular formula is C16H23FN2O. The monoisotopic (exact) mass is 278 g/mol. The van der Waals surface area contributed by atoms with Crippen molar-refractivity contribution < 1.29 is 9.18 Å². The van der Waals surface area contributed by atoms with E-state index >= 15 is 0 Å². The van der Waals surface area contributed by atoms with Crippen LogP contribution in [0.4, 0.5) is 4.39 Å². The molecule has 3 nitrogen and oxygen atoms in total. The fourth-order valence-corrected chi connectivity index (χ4v) is 2.63. The lowest BCUT2D eigenvalue weighted by Crippen LogP contribution is -2.43. The fourth-order valence-electron chi connectivity index (χ4n) is 2.63. The number of hydrogen-bond acceptors (Lipinski definition) is 2. The SMILES string of the molecule is CCCCN1C(=O)C(C)(CC)NC1c1cccc(F)c1. The number of carbonyl (C=O) groups excluding carboxylic acids is 1. The van der Waals surface area contributed by atoms with Gasteiger partial charge in [0.15, 0.2) is 0 Å². The Balaban J connectivity index is 2.31. The number of amides is 1. The van der Waals surface area contributed by atoms with Gasteiger partial charge in [-0.2, -0.15) is 0 Å². The minimum absolute atomic E-state index is 0.114. The van der Waals surface area contributed by atoms with Crippen LogP contribution in [-0.2, 0) is 4.79 Å². The molecule has 20 heavy (non-hydrogen) atoms. The molecule has 1 aromatic carbocycles. The average Bonchev–Trinajstić information content (AvgIpc) is 2.70. The van der Waals surface area contributed by atoms with Crippen LogP contribution in [0.25, 0.3) is 0 Å². The second-order valence-corrected chi connectivity index (χ2v) is 5.64. The normalized spacial score (nSPS) is 26.3. The molecular weight excluding hydrogens is 255 g/mol. The first kappa shape index (κ1) is 15.0. The average molecular weight is 278 g/mol. The van der Waals surface area contributed by atoms with Gasteiger partial charge in [-0.15, -0.1) is 0 Å². The summed E-state index contributed by atoms with van der Waals surface area (Å²) in [5.74, 6) is -0.153. The summed E-state index contributed by atoms with van der Waals surface area (Å²) < 4.78 is 13.4. The summed E-state index contributed by atoms with van der Waals surface area (Å²) in [6.45, 7) is 6.73. The molecule has 0 bridgehead atoms. The Morgan fingerprint density at radius 2 is 2.15 bits per heavy atom. The number of halogens is 1. The number of nitrogens with one attached hydrogen (secondary N) is 1. The van der Waals surface area contributed by atoms with Gasteiger partial charge in [-0.25, -0.2) is 4.39 Å². The van der Waals surface area contributed by atoms with Crippen LogP contribution in [0.2, 0.25) is 0 Å². The predicted molar refractivity (Wildman–Crippen MR) is 77.6 cm³/mol. The highest BCUT2D eigenvalue weighted by molar-refractivity contribution is 5.88. The van der Waals surface area contributed by atoms with Crippen molar-refractivity contribution in [2.24, 2.45) is 0 Å². The lowest BCUT2D eigenvalue weighted by molar-refractivity contribution is -0.133. The van der Waals surface area contributed by atoms with E-state index in [9.17, 15) is 9.18 Å². The Kier molecular flexibility index (Phi) is 4.43. The minimum atomic E-state index is -0.551. The highest BCUT2D eigenvalue weighted by Gasteiger charge is 2.46. The number of unbranched alkanes of at least 4 members (excludes halogenated alkanes) is 1. The molecule has 0 aromatic heterocycles. The van der Waals surface area contributed by atoms with Crippen molar-refractivity contribution in [2.45, 2.75) is 51.7 Å². The largest absolute Gasteiger partial charge is 0.321 e. The molecule has 110 valence electrons. The number of rotatable bonds is 5. The molecule has 1 aromatic rings. The van der Waals surface area contributed by atoms with E-state index < -0.39 is 5.54 Å². The van der Waals surface area contributed by atoms with Crippen LogP contribution in [-0.4, -0.2) is 22.9 Å². The van der Waals surface area contributed by atoms with Crippen molar-refractivity contribution in [3.8, 4) is 0 Å². The second-order valence-electron chi connectivity index (χ2n) is 5.64. The van der Waals surface area contributed by atoms with Crippen LogP contribution in [0.1, 0.15) is 51.8 Å². The molecule has 1 amide bonds. The first-order valence-corrected chi connectivity index (χ1v) is 7.36. The van der Waals surface area contributed by atoms with Gasteiger partial charge in [-0.3, -0.25) is 10.1 Å². The molecule has 1 saturated heterocycles. The Morgan fingerprint density at radius 3 is 2.75 bits per heavy atom. The smallest absolute Gasteiger partial charge is 0.244 e. The maximum Gasteiger partial charge on any atom is 0.244 e. The third-order valence-corrected chi connectivity index (χ3v) is 4.12.